The molecule has 3 aromatic heterocycles. The van der Waals surface area contributed by atoms with Gasteiger partial charge in [-0.15, -0.1) is 11.3 Å². The predicted octanol–water partition coefficient (Wildman–Crippen LogP) is 10.2. The first-order valence-electron chi connectivity index (χ1n) is 15.2. The van der Waals surface area contributed by atoms with Crippen molar-refractivity contribution in [2.24, 2.45) is 0 Å². The van der Waals surface area contributed by atoms with Crippen LogP contribution in [0.4, 0.5) is 11.4 Å². The topological polar surface area (TPSA) is 55.6 Å². The Labute approximate surface area is 263 Å². The van der Waals surface area contributed by atoms with Gasteiger partial charge in [-0.3, -0.25) is 4.57 Å². The van der Waals surface area contributed by atoms with E-state index in [4.69, 9.17) is 15.0 Å². The van der Waals surface area contributed by atoms with Crippen molar-refractivity contribution in [3.63, 3.8) is 0 Å². The summed E-state index contributed by atoms with van der Waals surface area (Å²) in [7, 11) is 0. The molecule has 1 aliphatic carbocycles. The molecule has 5 aromatic carbocycles. The predicted molar refractivity (Wildman–Crippen MR) is 186 cm³/mol. The number of anilines is 2. The van der Waals surface area contributed by atoms with E-state index in [1.165, 1.54) is 26.6 Å². The van der Waals surface area contributed by atoms with Crippen molar-refractivity contribution in [2.45, 2.75) is 12.8 Å². The summed E-state index contributed by atoms with van der Waals surface area (Å²) in [5.41, 5.74) is 15.2. The Morgan fingerprint density at radius 2 is 1.44 bits per heavy atom. The van der Waals surface area contributed by atoms with Crippen LogP contribution in [0.3, 0.4) is 0 Å². The van der Waals surface area contributed by atoms with Crippen molar-refractivity contribution in [2.75, 3.05) is 5.32 Å². The normalized spacial score (nSPS) is 13.2. The van der Waals surface area contributed by atoms with Crippen molar-refractivity contribution in [1.29, 1.82) is 0 Å². The highest BCUT2D eigenvalue weighted by Gasteiger charge is 2.23. The summed E-state index contributed by atoms with van der Waals surface area (Å²) in [6.45, 7) is 0. The Kier molecular flexibility index (Phi) is 5.21. The minimum absolute atomic E-state index is 0.739. The van der Waals surface area contributed by atoms with Gasteiger partial charge in [-0.2, -0.15) is 0 Å². The van der Waals surface area contributed by atoms with Crippen molar-refractivity contribution in [3.8, 4) is 39.5 Å². The number of rotatable bonds is 2. The summed E-state index contributed by atoms with van der Waals surface area (Å²) in [4.78, 5) is 15.3. The molecule has 2 bridgehead atoms. The summed E-state index contributed by atoms with van der Waals surface area (Å²) in [5.74, 6) is 1.66. The largest absolute Gasteiger partial charge is 0.355 e. The molecule has 1 aliphatic heterocycles. The summed E-state index contributed by atoms with van der Waals surface area (Å²) in [6.07, 6.45) is 6.30. The second kappa shape index (κ2) is 9.45. The Hall–Kier alpha value is -5.59. The summed E-state index contributed by atoms with van der Waals surface area (Å²) < 4.78 is 3.50. The van der Waals surface area contributed by atoms with Gasteiger partial charge in [0.15, 0.2) is 5.82 Å². The second-order valence-electron chi connectivity index (χ2n) is 11.7. The third-order valence-corrected chi connectivity index (χ3v) is 10.0. The number of hydrogen-bond donors (Lipinski definition) is 1. The Balaban J connectivity index is 1.23. The van der Waals surface area contributed by atoms with Crippen LogP contribution in [0.5, 0.6) is 0 Å². The molecule has 2 aliphatic rings. The Morgan fingerprint density at radius 3 is 2.31 bits per heavy atom. The highest BCUT2D eigenvalue weighted by molar-refractivity contribution is 7.17. The average Bonchev–Trinajstić information content (AvgIpc) is 3.70. The van der Waals surface area contributed by atoms with Crippen LogP contribution < -0.4 is 5.32 Å². The van der Waals surface area contributed by atoms with Crippen LogP contribution in [0.1, 0.15) is 17.7 Å². The van der Waals surface area contributed by atoms with Crippen molar-refractivity contribution >= 4 is 60.8 Å². The number of allylic oxidation sites excluding steroid dienone is 1. The lowest BCUT2D eigenvalue weighted by molar-refractivity contribution is 0.895. The van der Waals surface area contributed by atoms with Gasteiger partial charge in [0.1, 0.15) is 5.82 Å². The number of nitrogens with zero attached hydrogens (tertiary/aromatic N) is 4. The number of hydrogen-bond acceptors (Lipinski definition) is 5. The zero-order chi connectivity index (χ0) is 29.5. The molecule has 0 unspecified atom stereocenters. The maximum atomic E-state index is 5.38. The zero-order valence-electron chi connectivity index (χ0n) is 24.2. The number of benzene rings is 5. The molecule has 10 rings (SSSR count). The standard InChI is InChI=1S/C39H25N5S/c1-5-13-31-25(9-1)24-20-30(37-34(21-24)40-22-45-37)29-19-23(17-18-33(29)41-31)38-42-32-14-6-2-12-28(32)39(43-38)44-35-15-7-3-10-26(35)27-11-4-8-16-36(27)44/h1-5,7-13,15-22,41H,6,14H2. The molecule has 0 radical (unpaired) electrons. The van der Waals surface area contributed by atoms with Crippen LogP contribution in [0.2, 0.25) is 0 Å². The molecule has 212 valence electrons. The van der Waals surface area contributed by atoms with E-state index in [9.17, 15) is 0 Å². The van der Waals surface area contributed by atoms with E-state index < -0.39 is 0 Å². The van der Waals surface area contributed by atoms with Crippen molar-refractivity contribution in [3.05, 3.63) is 126 Å². The van der Waals surface area contributed by atoms with Crippen LogP contribution in [0, 0.1) is 0 Å². The number of fused-ring (bicyclic) bond motifs is 12. The third-order valence-electron chi connectivity index (χ3n) is 9.14. The Bertz CT molecular complexity index is 2480. The number of para-hydroxylation sites is 3. The lowest BCUT2D eigenvalue weighted by Crippen LogP contribution is -2.10. The van der Waals surface area contributed by atoms with Crippen LogP contribution in [0.15, 0.2) is 115 Å². The number of nitrogens with one attached hydrogen (secondary N) is 1. The quantitative estimate of drug-likeness (QED) is 0.216. The lowest BCUT2D eigenvalue weighted by atomic mass is 9.93. The van der Waals surface area contributed by atoms with Crippen LogP contribution in [-0.4, -0.2) is 19.5 Å². The van der Waals surface area contributed by atoms with E-state index in [2.05, 4.69) is 125 Å². The zero-order valence-corrected chi connectivity index (χ0v) is 25.0. The fourth-order valence-electron chi connectivity index (χ4n) is 7.06. The molecule has 4 heterocycles. The van der Waals surface area contributed by atoms with Crippen LogP contribution in [0.25, 0.3) is 77.6 Å². The molecule has 0 amide bonds. The molecule has 6 heteroatoms. The second-order valence-corrected chi connectivity index (χ2v) is 12.6. The van der Waals surface area contributed by atoms with Gasteiger partial charge in [-0.05, 0) is 66.9 Å². The molecule has 1 N–H and O–H groups in total. The molecular formula is C39H25N5S. The fourth-order valence-corrected chi connectivity index (χ4v) is 7.86. The number of aryl methyl sites for hydroxylation is 1. The molecule has 0 fully saturated rings. The molecule has 0 saturated carbocycles. The maximum Gasteiger partial charge on any atom is 0.161 e. The third kappa shape index (κ3) is 3.69. The maximum absolute atomic E-state index is 5.38. The van der Waals surface area contributed by atoms with Crippen molar-refractivity contribution in [1.82, 2.24) is 19.5 Å². The first-order chi connectivity index (χ1) is 22.3. The smallest absolute Gasteiger partial charge is 0.161 e. The van der Waals surface area contributed by atoms with Gasteiger partial charge in [0.25, 0.3) is 0 Å². The molecule has 0 atom stereocenters. The average molecular weight is 596 g/mol. The van der Waals surface area contributed by atoms with E-state index in [1.807, 2.05) is 5.51 Å². The highest BCUT2D eigenvalue weighted by Crippen LogP contribution is 2.45. The van der Waals surface area contributed by atoms with E-state index >= 15 is 0 Å². The fraction of sp³-hybridized carbons (Fsp3) is 0.0513. The summed E-state index contributed by atoms with van der Waals surface area (Å²) in [5, 5.41) is 6.20. The molecule has 0 spiro atoms. The van der Waals surface area contributed by atoms with Crippen LogP contribution >= 0.6 is 11.3 Å². The van der Waals surface area contributed by atoms with Gasteiger partial charge in [-0.25, -0.2) is 15.0 Å². The molecule has 45 heavy (non-hydrogen) atoms. The number of aromatic nitrogens is 4. The Morgan fingerprint density at radius 1 is 0.689 bits per heavy atom. The first kappa shape index (κ1) is 24.8. The van der Waals surface area contributed by atoms with Gasteiger partial charge in [-0.1, -0.05) is 66.7 Å². The molecule has 5 nitrogen and oxygen atoms in total. The summed E-state index contributed by atoms with van der Waals surface area (Å²) in [6, 6.07) is 36.8. The van der Waals surface area contributed by atoms with Crippen LogP contribution in [-0.2, 0) is 6.42 Å². The van der Waals surface area contributed by atoms with Gasteiger partial charge in [0.2, 0.25) is 0 Å². The molecule has 8 aromatic rings. The van der Waals surface area contributed by atoms with Crippen molar-refractivity contribution < 1.29 is 0 Å². The minimum Gasteiger partial charge on any atom is -0.355 e. The van der Waals surface area contributed by atoms with E-state index in [0.29, 0.717) is 0 Å². The van der Waals surface area contributed by atoms with Gasteiger partial charge in [0, 0.05) is 50.0 Å². The van der Waals surface area contributed by atoms with Gasteiger partial charge >= 0.3 is 0 Å². The first-order valence-corrected chi connectivity index (χ1v) is 16.1. The van der Waals surface area contributed by atoms with Gasteiger partial charge in [0.05, 0.1) is 32.5 Å². The van der Waals surface area contributed by atoms with E-state index in [1.54, 1.807) is 11.3 Å². The van der Waals surface area contributed by atoms with Gasteiger partial charge < -0.3 is 5.32 Å². The molecule has 0 saturated heterocycles. The lowest BCUT2D eigenvalue weighted by Gasteiger charge is -2.21. The van der Waals surface area contributed by atoms with E-state index in [-0.39, 0.29) is 0 Å². The molecular weight excluding hydrogens is 571 g/mol. The SMILES string of the molecule is C1=Cc2c(nc(-c3ccc4c(c3)-c3cc(cc5ncsc35)-c3ccccc3N4)nc2-n2c3ccccc3c3ccccc32)CC1. The number of thiazole rings is 1. The highest BCUT2D eigenvalue weighted by atomic mass is 32.1. The monoisotopic (exact) mass is 595 g/mol. The van der Waals surface area contributed by atoms with E-state index in [0.717, 1.165) is 80.4 Å². The summed E-state index contributed by atoms with van der Waals surface area (Å²) >= 11 is 1.68. The minimum atomic E-state index is 0.739.